The molecule has 1 aromatic carbocycles. The molecule has 1 amide bonds. The number of carbonyl (C=O) groups excluding carboxylic acids is 1. The maximum Gasteiger partial charge on any atom is 0.262 e. The van der Waals surface area contributed by atoms with E-state index in [1.165, 1.54) is 10.5 Å². The quantitative estimate of drug-likeness (QED) is 0.612. The Morgan fingerprint density at radius 3 is 2.57 bits per heavy atom. The molecule has 0 bridgehead atoms. The van der Waals surface area contributed by atoms with E-state index in [0.717, 1.165) is 5.52 Å². The highest BCUT2D eigenvalue weighted by Crippen LogP contribution is 2.25. The Kier molecular flexibility index (Phi) is 5.37. The molecule has 4 rings (SSSR count). The van der Waals surface area contributed by atoms with Crippen molar-refractivity contribution in [3.05, 3.63) is 42.2 Å². The van der Waals surface area contributed by atoms with Gasteiger partial charge in [0, 0.05) is 39.3 Å². The van der Waals surface area contributed by atoms with Gasteiger partial charge < -0.3 is 13.9 Å². The van der Waals surface area contributed by atoms with Crippen LogP contribution in [0, 0.1) is 12.8 Å². The summed E-state index contributed by atoms with van der Waals surface area (Å²) in [6.07, 6.45) is 2.47. The molecule has 30 heavy (non-hydrogen) atoms. The summed E-state index contributed by atoms with van der Waals surface area (Å²) in [7, 11) is -0.163. The van der Waals surface area contributed by atoms with Crippen molar-refractivity contribution < 1.29 is 17.6 Å². The predicted molar refractivity (Wildman–Crippen MR) is 110 cm³/mol. The molecule has 9 nitrogen and oxygen atoms in total. The maximum atomic E-state index is 12.9. The van der Waals surface area contributed by atoms with Crippen LogP contribution in [0.15, 0.2) is 39.9 Å². The van der Waals surface area contributed by atoms with Crippen molar-refractivity contribution in [2.24, 2.45) is 13.0 Å². The maximum absolute atomic E-state index is 12.9. The Labute approximate surface area is 175 Å². The number of hydrogen-bond donors (Lipinski definition) is 0. The van der Waals surface area contributed by atoms with Crippen molar-refractivity contribution in [2.75, 3.05) is 20.1 Å². The van der Waals surface area contributed by atoms with Gasteiger partial charge in [-0.3, -0.25) is 4.79 Å². The molecule has 2 aromatic heterocycles. The van der Waals surface area contributed by atoms with Gasteiger partial charge in [-0.2, -0.15) is 4.31 Å². The minimum absolute atomic E-state index is 0.0250. The minimum Gasteiger partial charge on any atom is -0.439 e. The summed E-state index contributed by atoms with van der Waals surface area (Å²) in [4.78, 5) is 23.0. The topological polar surface area (TPSA) is 102 Å². The Hall–Kier alpha value is -2.72. The van der Waals surface area contributed by atoms with E-state index in [1.54, 1.807) is 30.5 Å². The first-order valence-electron chi connectivity index (χ1n) is 9.85. The standard InChI is InChI=1S/C20H25N5O4S/c1-14-21-19(13-23(14)2)30(27,28)25-10-8-15(9-11-25)20(26)24(3)12-18-22-16-6-4-5-7-17(16)29-18/h4-7,13,15H,8-12H2,1-3H3. The van der Waals surface area contributed by atoms with Crippen LogP contribution < -0.4 is 0 Å². The monoisotopic (exact) mass is 431 g/mol. The molecule has 3 heterocycles. The zero-order valence-corrected chi connectivity index (χ0v) is 18.1. The number of imidazole rings is 1. The van der Waals surface area contributed by atoms with Crippen LogP contribution in [0.4, 0.5) is 0 Å². The van der Waals surface area contributed by atoms with E-state index in [4.69, 9.17) is 4.42 Å². The molecule has 10 heteroatoms. The highest BCUT2D eigenvalue weighted by atomic mass is 32.2. The van der Waals surface area contributed by atoms with Crippen molar-refractivity contribution in [1.82, 2.24) is 23.7 Å². The molecule has 1 aliphatic heterocycles. The van der Waals surface area contributed by atoms with Gasteiger partial charge in [0.2, 0.25) is 11.8 Å². The van der Waals surface area contributed by atoms with Gasteiger partial charge >= 0.3 is 0 Å². The molecule has 3 aromatic rings. The second-order valence-electron chi connectivity index (χ2n) is 7.69. The van der Waals surface area contributed by atoms with Crippen molar-refractivity contribution in [3.63, 3.8) is 0 Å². The lowest BCUT2D eigenvalue weighted by Crippen LogP contribution is -2.43. The molecule has 1 fully saturated rings. The van der Waals surface area contributed by atoms with Crippen LogP contribution in [-0.2, 0) is 28.4 Å². The first-order valence-corrected chi connectivity index (χ1v) is 11.3. The fourth-order valence-electron chi connectivity index (χ4n) is 3.71. The Morgan fingerprint density at radius 2 is 1.93 bits per heavy atom. The first kappa shape index (κ1) is 20.5. The van der Waals surface area contributed by atoms with Crippen LogP contribution in [0.1, 0.15) is 24.6 Å². The number of amides is 1. The van der Waals surface area contributed by atoms with Gasteiger partial charge in [-0.15, -0.1) is 0 Å². The summed E-state index contributed by atoms with van der Waals surface area (Å²) in [5, 5.41) is 0.0559. The smallest absolute Gasteiger partial charge is 0.262 e. The number of fused-ring (bicyclic) bond motifs is 1. The number of hydrogen-bond acceptors (Lipinski definition) is 6. The molecule has 1 saturated heterocycles. The van der Waals surface area contributed by atoms with Gasteiger partial charge in [0.15, 0.2) is 10.6 Å². The Bertz CT molecular complexity index is 1120. The van der Waals surface area contributed by atoms with E-state index < -0.39 is 10.0 Å². The summed E-state index contributed by atoms with van der Waals surface area (Å²) in [6, 6.07) is 7.47. The lowest BCUT2D eigenvalue weighted by molar-refractivity contribution is -0.136. The van der Waals surface area contributed by atoms with E-state index in [-0.39, 0.29) is 23.4 Å². The lowest BCUT2D eigenvalue weighted by atomic mass is 9.97. The fourth-order valence-corrected chi connectivity index (χ4v) is 5.20. The number of aromatic nitrogens is 3. The number of carbonyl (C=O) groups is 1. The number of rotatable bonds is 5. The zero-order chi connectivity index (χ0) is 21.5. The van der Waals surface area contributed by atoms with Crippen molar-refractivity contribution in [3.8, 4) is 0 Å². The third-order valence-electron chi connectivity index (χ3n) is 5.58. The van der Waals surface area contributed by atoms with E-state index in [9.17, 15) is 13.2 Å². The van der Waals surface area contributed by atoms with Crippen LogP contribution in [0.25, 0.3) is 11.1 Å². The number of para-hydroxylation sites is 2. The Balaban J connectivity index is 1.37. The van der Waals surface area contributed by atoms with E-state index in [0.29, 0.717) is 43.2 Å². The average molecular weight is 432 g/mol. The number of oxazole rings is 1. The van der Waals surface area contributed by atoms with Crippen LogP contribution in [0.5, 0.6) is 0 Å². The van der Waals surface area contributed by atoms with E-state index >= 15 is 0 Å². The van der Waals surface area contributed by atoms with E-state index in [1.807, 2.05) is 24.3 Å². The highest BCUT2D eigenvalue weighted by molar-refractivity contribution is 7.89. The summed E-state index contributed by atoms with van der Waals surface area (Å²) >= 11 is 0. The number of nitrogens with zero attached hydrogens (tertiary/aromatic N) is 5. The van der Waals surface area contributed by atoms with Gasteiger partial charge in [0.1, 0.15) is 11.3 Å². The molecule has 0 unspecified atom stereocenters. The normalized spacial score (nSPS) is 16.2. The third kappa shape index (κ3) is 3.84. The Morgan fingerprint density at radius 1 is 1.23 bits per heavy atom. The molecule has 0 saturated carbocycles. The molecule has 0 atom stereocenters. The molecule has 0 aliphatic carbocycles. The second-order valence-corrected chi connectivity index (χ2v) is 9.57. The van der Waals surface area contributed by atoms with E-state index in [2.05, 4.69) is 9.97 Å². The average Bonchev–Trinajstić information content (AvgIpc) is 3.30. The largest absolute Gasteiger partial charge is 0.439 e. The highest BCUT2D eigenvalue weighted by Gasteiger charge is 2.34. The number of benzene rings is 1. The molecule has 0 radical (unpaired) electrons. The number of sulfonamides is 1. The fraction of sp³-hybridized carbons (Fsp3) is 0.450. The third-order valence-corrected chi connectivity index (χ3v) is 7.35. The lowest BCUT2D eigenvalue weighted by Gasteiger charge is -2.31. The van der Waals surface area contributed by atoms with Crippen LogP contribution >= 0.6 is 0 Å². The number of piperidine rings is 1. The summed E-state index contributed by atoms with van der Waals surface area (Å²) in [5.41, 5.74) is 1.45. The minimum atomic E-state index is -3.64. The van der Waals surface area contributed by atoms with Gasteiger partial charge in [0.05, 0.1) is 6.54 Å². The molecular formula is C20H25N5O4S. The van der Waals surface area contributed by atoms with Crippen LogP contribution in [-0.4, -0.2) is 58.2 Å². The molecule has 1 aliphatic rings. The van der Waals surface area contributed by atoms with Crippen molar-refractivity contribution in [1.29, 1.82) is 0 Å². The van der Waals surface area contributed by atoms with Gasteiger partial charge in [-0.25, -0.2) is 18.4 Å². The molecular weight excluding hydrogens is 406 g/mol. The summed E-state index contributed by atoms with van der Waals surface area (Å²) in [5.74, 6) is 0.872. The molecule has 0 spiro atoms. The zero-order valence-electron chi connectivity index (χ0n) is 17.3. The van der Waals surface area contributed by atoms with Crippen LogP contribution in [0.3, 0.4) is 0 Å². The van der Waals surface area contributed by atoms with Gasteiger partial charge in [-0.1, -0.05) is 12.1 Å². The number of aryl methyl sites for hydroxylation is 2. The van der Waals surface area contributed by atoms with Gasteiger partial charge in [0.25, 0.3) is 10.0 Å². The van der Waals surface area contributed by atoms with Crippen LogP contribution in [0.2, 0.25) is 0 Å². The van der Waals surface area contributed by atoms with Gasteiger partial charge in [-0.05, 0) is 31.9 Å². The second kappa shape index (κ2) is 7.84. The summed E-state index contributed by atoms with van der Waals surface area (Å²) in [6.45, 7) is 2.63. The first-order chi connectivity index (χ1) is 14.3. The molecule has 160 valence electrons. The van der Waals surface area contributed by atoms with Crippen molar-refractivity contribution >= 4 is 27.0 Å². The predicted octanol–water partition coefficient (Wildman–Crippen LogP) is 1.93. The summed E-state index contributed by atoms with van der Waals surface area (Å²) < 4.78 is 34.4. The SMILES string of the molecule is Cc1nc(S(=O)(=O)N2CCC(C(=O)N(C)Cc3nc4ccccc4o3)CC2)cn1C. The van der Waals surface area contributed by atoms with Crippen molar-refractivity contribution in [2.45, 2.75) is 31.3 Å². The molecule has 0 N–H and O–H groups in total.